The van der Waals surface area contributed by atoms with Gasteiger partial charge in [-0.15, -0.1) is 0 Å². The minimum Gasteiger partial charge on any atom is -0.478 e. The SMILES string of the molecule is CCOC(=O)C(C)CCCCOc1cc(-c2ccc([N+](=O)[O-])cc2)cc(-c2ccccc2)n1.CCOC(=O)CCCCCOc1cc(-c2ccc(N)cc2)cc(-c2ccccc2)n1.CCOC(=O)CCCCCOc1cc(-c2ccc([N+](=O)[O-])cc2)cc(-c2ccccc2)n1. The van der Waals surface area contributed by atoms with Gasteiger partial charge < -0.3 is 34.2 Å². The second-order valence-corrected chi connectivity index (χ2v) is 22.0. The van der Waals surface area contributed by atoms with Gasteiger partial charge in [0, 0.05) is 77.7 Å². The first-order valence-corrected chi connectivity index (χ1v) is 32.1. The van der Waals surface area contributed by atoms with Crippen LogP contribution >= 0.6 is 0 Å². The van der Waals surface area contributed by atoms with Crippen LogP contribution in [0.5, 0.6) is 17.6 Å². The van der Waals surface area contributed by atoms with Gasteiger partial charge in [-0.05, 0) is 167 Å². The molecular formula is C76H82N6O13. The summed E-state index contributed by atoms with van der Waals surface area (Å²) in [6, 6.07) is 61.8. The molecular weight excluding hydrogens is 1200 g/mol. The van der Waals surface area contributed by atoms with Crippen LogP contribution in [0.15, 0.2) is 200 Å². The number of esters is 3. The molecule has 0 aliphatic rings. The Morgan fingerprint density at radius 1 is 0.400 bits per heavy atom. The summed E-state index contributed by atoms with van der Waals surface area (Å²) in [7, 11) is 0. The Morgan fingerprint density at radius 2 is 0.726 bits per heavy atom. The largest absolute Gasteiger partial charge is 0.478 e. The highest BCUT2D eigenvalue weighted by Gasteiger charge is 2.16. The molecule has 1 atom stereocenters. The van der Waals surface area contributed by atoms with Crippen molar-refractivity contribution in [1.82, 2.24) is 15.0 Å². The van der Waals surface area contributed by atoms with Crippen molar-refractivity contribution in [3.8, 4) is 84.8 Å². The van der Waals surface area contributed by atoms with Crippen molar-refractivity contribution in [2.75, 3.05) is 45.4 Å². The number of hydrogen-bond donors (Lipinski definition) is 1. The second kappa shape index (κ2) is 38.9. The molecule has 3 aromatic heterocycles. The second-order valence-electron chi connectivity index (χ2n) is 22.0. The highest BCUT2D eigenvalue weighted by atomic mass is 16.6. The normalized spacial score (nSPS) is 10.9. The molecule has 1 unspecified atom stereocenters. The molecule has 0 fully saturated rings. The number of aromatic nitrogens is 3. The standard InChI is InChI=1S/C26H28N2O5.C25H26N2O5.C25H28N2O3/c1-3-32-26(29)19(2)9-7-8-16-33-25-18-22(20-12-14-23(15-13-20)28(30)31)17-24(27-25)21-10-5-4-6-11-21;1-2-31-25(28)11-7-4-8-16-32-24-18-21(19-12-14-22(15-13-19)27(29)30)17-23(26-24)20-9-5-3-6-10-20;1-2-29-25(28)11-7-4-8-16-30-24-18-21(19-12-14-22(26)15-13-19)17-23(27-24)20-9-5-3-6-10-20/h4-6,10-15,17-19H,3,7-9,16H2,1-2H3;3,5-6,9-10,12-15,17-18H,2,4,7-8,11,16H2,1H3;3,5-6,9-10,12-15,17-18H,2,4,7-8,11,16,26H2,1H3. The van der Waals surface area contributed by atoms with Crippen molar-refractivity contribution in [2.24, 2.45) is 5.92 Å². The molecule has 0 radical (unpaired) electrons. The monoisotopic (exact) mass is 1290 g/mol. The Balaban J connectivity index is 0.000000202. The summed E-state index contributed by atoms with van der Waals surface area (Å²) in [6.07, 6.45) is 8.21. The van der Waals surface area contributed by atoms with Crippen LogP contribution in [0.1, 0.15) is 98.3 Å². The van der Waals surface area contributed by atoms with Crippen molar-refractivity contribution in [3.05, 3.63) is 220 Å². The predicted molar refractivity (Wildman–Crippen MR) is 369 cm³/mol. The average Bonchev–Trinajstić information content (AvgIpc) is 0.870. The third kappa shape index (κ3) is 24.3. The lowest BCUT2D eigenvalue weighted by Crippen LogP contribution is -2.14. The van der Waals surface area contributed by atoms with Crippen LogP contribution in [-0.2, 0) is 28.6 Å². The maximum absolute atomic E-state index is 11.7. The van der Waals surface area contributed by atoms with E-state index in [1.54, 1.807) is 38.1 Å². The van der Waals surface area contributed by atoms with Gasteiger partial charge in [-0.2, -0.15) is 0 Å². The Bertz CT molecular complexity index is 3840. The van der Waals surface area contributed by atoms with E-state index in [9.17, 15) is 34.6 Å². The number of pyridine rings is 3. The zero-order valence-corrected chi connectivity index (χ0v) is 54.3. The number of non-ortho nitro benzene ring substituents is 2. The fraction of sp³-hybridized carbons (Fsp3) is 0.289. The van der Waals surface area contributed by atoms with E-state index in [2.05, 4.69) is 16.0 Å². The number of benzene rings is 6. The van der Waals surface area contributed by atoms with Gasteiger partial charge in [-0.1, -0.05) is 110 Å². The van der Waals surface area contributed by atoms with Crippen molar-refractivity contribution in [1.29, 1.82) is 0 Å². The van der Waals surface area contributed by atoms with E-state index in [0.717, 1.165) is 131 Å². The first-order valence-electron chi connectivity index (χ1n) is 32.1. The minimum atomic E-state index is -0.414. The molecule has 3 heterocycles. The Kier molecular flexibility index (Phi) is 29.3. The number of rotatable bonds is 32. The van der Waals surface area contributed by atoms with Crippen LogP contribution in [0.3, 0.4) is 0 Å². The number of hydrogen-bond acceptors (Lipinski definition) is 17. The van der Waals surface area contributed by atoms with E-state index in [0.29, 0.717) is 70.1 Å². The smallest absolute Gasteiger partial charge is 0.308 e. The molecule has 0 saturated carbocycles. The van der Waals surface area contributed by atoms with Gasteiger partial charge >= 0.3 is 17.9 Å². The van der Waals surface area contributed by atoms with Crippen molar-refractivity contribution in [3.63, 3.8) is 0 Å². The Morgan fingerprint density at radius 3 is 1.05 bits per heavy atom. The molecule has 2 N–H and O–H groups in total. The number of nitrogens with two attached hydrogens (primary N) is 1. The molecule has 494 valence electrons. The maximum atomic E-state index is 11.7. The molecule has 0 saturated heterocycles. The van der Waals surface area contributed by atoms with Crippen LogP contribution < -0.4 is 19.9 Å². The van der Waals surface area contributed by atoms with E-state index in [-0.39, 0.29) is 35.2 Å². The number of unbranched alkanes of at least 4 members (excludes halogenated alkanes) is 5. The molecule has 19 nitrogen and oxygen atoms in total. The molecule has 0 aliphatic heterocycles. The van der Waals surface area contributed by atoms with Crippen LogP contribution in [-0.4, -0.2) is 82.3 Å². The highest BCUT2D eigenvalue weighted by Crippen LogP contribution is 2.33. The van der Waals surface area contributed by atoms with Gasteiger partial charge in [0.15, 0.2) is 0 Å². The number of nitrogens with zero attached hydrogens (tertiary/aromatic N) is 5. The van der Waals surface area contributed by atoms with Crippen LogP contribution in [0.25, 0.3) is 67.2 Å². The minimum absolute atomic E-state index is 0.0459. The van der Waals surface area contributed by atoms with Gasteiger partial charge in [-0.3, -0.25) is 34.6 Å². The number of ether oxygens (including phenoxy) is 6. The van der Waals surface area contributed by atoms with Crippen LogP contribution in [0.4, 0.5) is 17.1 Å². The van der Waals surface area contributed by atoms with Gasteiger partial charge in [0.1, 0.15) is 0 Å². The van der Waals surface area contributed by atoms with Gasteiger partial charge in [0.2, 0.25) is 17.6 Å². The van der Waals surface area contributed by atoms with Crippen molar-refractivity contribution in [2.45, 2.75) is 98.3 Å². The third-order valence-electron chi connectivity index (χ3n) is 14.8. The Labute approximate surface area is 554 Å². The number of nitrogen functional groups attached to an aromatic ring is 1. The lowest BCUT2D eigenvalue weighted by molar-refractivity contribution is -0.385. The number of nitro groups is 2. The van der Waals surface area contributed by atoms with E-state index >= 15 is 0 Å². The average molecular weight is 1290 g/mol. The summed E-state index contributed by atoms with van der Waals surface area (Å²) in [5.41, 5.74) is 17.5. The van der Waals surface area contributed by atoms with E-state index < -0.39 is 9.85 Å². The predicted octanol–water partition coefficient (Wildman–Crippen LogP) is 17.4. The zero-order chi connectivity index (χ0) is 67.6. The summed E-state index contributed by atoms with van der Waals surface area (Å²) in [4.78, 5) is 69.6. The summed E-state index contributed by atoms with van der Waals surface area (Å²) < 4.78 is 32.7. The van der Waals surface area contributed by atoms with Gasteiger partial charge in [-0.25, -0.2) is 15.0 Å². The molecule has 0 amide bonds. The molecule has 0 aliphatic carbocycles. The molecule has 0 bridgehead atoms. The van der Waals surface area contributed by atoms with E-state index in [1.807, 2.05) is 159 Å². The van der Waals surface area contributed by atoms with Crippen LogP contribution in [0.2, 0.25) is 0 Å². The summed E-state index contributed by atoms with van der Waals surface area (Å²) in [5.74, 6) is 0.977. The fourth-order valence-electron chi connectivity index (χ4n) is 9.78. The van der Waals surface area contributed by atoms with Gasteiger partial charge in [0.25, 0.3) is 11.4 Å². The summed E-state index contributed by atoms with van der Waals surface area (Å²) >= 11 is 0. The first-order chi connectivity index (χ1) is 46.2. The molecule has 95 heavy (non-hydrogen) atoms. The van der Waals surface area contributed by atoms with Crippen molar-refractivity contribution < 1.29 is 52.7 Å². The molecule has 19 heteroatoms. The molecule has 6 aromatic carbocycles. The number of carbonyl (C=O) groups is 3. The third-order valence-corrected chi connectivity index (χ3v) is 14.8. The fourth-order valence-corrected chi connectivity index (χ4v) is 9.78. The molecule has 0 spiro atoms. The Hall–Kier alpha value is -10.8. The van der Waals surface area contributed by atoms with Crippen LogP contribution in [0, 0.1) is 26.1 Å². The number of carbonyl (C=O) groups excluding carboxylic acids is 3. The van der Waals surface area contributed by atoms with E-state index in [4.69, 9.17) is 39.1 Å². The number of anilines is 1. The van der Waals surface area contributed by atoms with Gasteiger partial charge in [0.05, 0.1) is 72.5 Å². The maximum Gasteiger partial charge on any atom is 0.308 e. The molecule has 9 aromatic rings. The quantitative estimate of drug-likeness (QED) is 0.0103. The molecule has 9 rings (SSSR count). The lowest BCUT2D eigenvalue weighted by Gasteiger charge is -2.12. The van der Waals surface area contributed by atoms with E-state index in [1.165, 1.54) is 24.3 Å². The summed E-state index contributed by atoms with van der Waals surface area (Å²) in [5, 5.41) is 21.9. The lowest BCUT2D eigenvalue weighted by atomic mass is 10.0. The van der Waals surface area contributed by atoms with Crippen molar-refractivity contribution >= 4 is 35.0 Å². The highest BCUT2D eigenvalue weighted by molar-refractivity contribution is 5.76. The summed E-state index contributed by atoms with van der Waals surface area (Å²) in [6.45, 7) is 10.0. The number of nitro benzene ring substituents is 2. The first kappa shape index (κ1) is 71.6. The zero-order valence-electron chi connectivity index (χ0n) is 54.3. The topological polar surface area (TPSA) is 258 Å².